The van der Waals surface area contributed by atoms with E-state index in [-0.39, 0.29) is 5.66 Å². The molecule has 1 saturated carbocycles. The molecule has 0 aromatic carbocycles. The molecule has 0 bridgehead atoms. The Morgan fingerprint density at radius 1 is 1.12 bits per heavy atom. The van der Waals surface area contributed by atoms with Gasteiger partial charge in [0.25, 0.3) is 0 Å². The quantitative estimate of drug-likeness (QED) is 0.685. The van der Waals surface area contributed by atoms with Crippen molar-refractivity contribution in [2.45, 2.75) is 37.4 Å². The Kier molecular flexibility index (Phi) is 2.33. The normalized spacial score (nSPS) is 36.4. The van der Waals surface area contributed by atoms with Crippen molar-refractivity contribution in [3.05, 3.63) is 0 Å². The molecule has 2 aliphatic heterocycles. The molecule has 3 rings (SSSR count). The van der Waals surface area contributed by atoms with Crippen molar-refractivity contribution in [3.8, 4) is 0 Å². The molecule has 3 aliphatic rings. The average Bonchev–Trinajstić information content (AvgIpc) is 3.00. The highest BCUT2D eigenvalue weighted by Crippen LogP contribution is 2.45. The molecule has 90 valence electrons. The Hall–Kier alpha value is -0.490. The fourth-order valence-electron chi connectivity index (χ4n) is 2.93. The van der Waals surface area contributed by atoms with Crippen molar-refractivity contribution < 1.29 is 8.42 Å². The maximum Gasteiger partial charge on any atom is 0.206 e. The van der Waals surface area contributed by atoms with E-state index in [0.29, 0.717) is 30.6 Å². The van der Waals surface area contributed by atoms with Gasteiger partial charge in [0.05, 0.1) is 17.5 Å². The molecule has 0 N–H and O–H groups in total. The summed E-state index contributed by atoms with van der Waals surface area (Å²) in [6.07, 6.45) is 4.60. The van der Waals surface area contributed by atoms with E-state index < -0.39 is 9.84 Å². The van der Waals surface area contributed by atoms with Crippen LogP contribution in [-0.4, -0.2) is 49.6 Å². The standard InChI is InChI=1S/C10H17N3O2S/c14-16(15)7-5-13(6-8-16)9-3-1-2-4-10(9)11-12-10/h9H,1-8H2. The zero-order valence-electron chi connectivity index (χ0n) is 9.30. The number of sulfone groups is 1. The topological polar surface area (TPSA) is 62.1 Å². The van der Waals surface area contributed by atoms with E-state index in [4.69, 9.17) is 0 Å². The van der Waals surface area contributed by atoms with Gasteiger partial charge >= 0.3 is 0 Å². The second-order valence-electron chi connectivity index (χ2n) is 5.03. The van der Waals surface area contributed by atoms with Gasteiger partial charge in [-0.1, -0.05) is 6.42 Å². The molecule has 2 fully saturated rings. The molecule has 6 heteroatoms. The van der Waals surface area contributed by atoms with Crippen LogP contribution in [0.5, 0.6) is 0 Å². The van der Waals surface area contributed by atoms with Crippen molar-refractivity contribution in [1.82, 2.24) is 4.90 Å². The van der Waals surface area contributed by atoms with Crippen molar-refractivity contribution in [3.63, 3.8) is 0 Å². The zero-order chi connectivity index (χ0) is 11.2. The third-order valence-corrected chi connectivity index (χ3v) is 5.59. The first-order valence-corrected chi connectivity index (χ1v) is 7.82. The Morgan fingerprint density at radius 2 is 1.81 bits per heavy atom. The van der Waals surface area contributed by atoms with Crippen molar-refractivity contribution in [1.29, 1.82) is 0 Å². The molecule has 5 nitrogen and oxygen atoms in total. The molecule has 1 unspecified atom stereocenters. The smallest absolute Gasteiger partial charge is 0.206 e. The second-order valence-corrected chi connectivity index (χ2v) is 7.33. The van der Waals surface area contributed by atoms with E-state index in [1.54, 1.807) is 0 Å². The maximum absolute atomic E-state index is 11.4. The van der Waals surface area contributed by atoms with Gasteiger partial charge in [-0.05, 0) is 19.3 Å². The monoisotopic (exact) mass is 243 g/mol. The van der Waals surface area contributed by atoms with Crippen LogP contribution in [0.3, 0.4) is 0 Å². The van der Waals surface area contributed by atoms with Crippen LogP contribution in [0.15, 0.2) is 10.2 Å². The van der Waals surface area contributed by atoms with E-state index in [0.717, 1.165) is 12.8 Å². The summed E-state index contributed by atoms with van der Waals surface area (Å²) < 4.78 is 22.8. The van der Waals surface area contributed by atoms with Gasteiger partial charge in [-0.3, -0.25) is 4.90 Å². The zero-order valence-corrected chi connectivity index (χ0v) is 10.1. The molecular formula is C10H17N3O2S. The summed E-state index contributed by atoms with van der Waals surface area (Å²) in [5, 5.41) is 8.44. The number of nitrogens with zero attached hydrogens (tertiary/aromatic N) is 3. The molecule has 2 heterocycles. The number of hydrogen-bond acceptors (Lipinski definition) is 5. The van der Waals surface area contributed by atoms with Gasteiger partial charge in [0.15, 0.2) is 9.84 Å². The third kappa shape index (κ3) is 1.78. The summed E-state index contributed by atoms with van der Waals surface area (Å²) in [5.74, 6) is 0.610. The molecule has 1 aliphatic carbocycles. The van der Waals surface area contributed by atoms with Crippen LogP contribution in [0.2, 0.25) is 0 Å². The summed E-state index contributed by atoms with van der Waals surface area (Å²) in [5.41, 5.74) is -0.140. The highest BCUT2D eigenvalue weighted by molar-refractivity contribution is 7.91. The van der Waals surface area contributed by atoms with Gasteiger partial charge in [0.2, 0.25) is 5.66 Å². The van der Waals surface area contributed by atoms with Crippen LogP contribution in [0.1, 0.15) is 25.7 Å². The average molecular weight is 243 g/mol. The van der Waals surface area contributed by atoms with Crippen LogP contribution in [-0.2, 0) is 9.84 Å². The first-order chi connectivity index (χ1) is 7.61. The van der Waals surface area contributed by atoms with Crippen molar-refractivity contribution in [2.24, 2.45) is 10.2 Å². The Bertz CT molecular complexity index is 398. The van der Waals surface area contributed by atoms with Gasteiger partial charge < -0.3 is 0 Å². The van der Waals surface area contributed by atoms with Gasteiger partial charge in [0, 0.05) is 13.1 Å². The van der Waals surface area contributed by atoms with Gasteiger partial charge in [-0.25, -0.2) is 8.42 Å². The molecule has 1 spiro atoms. The van der Waals surface area contributed by atoms with Gasteiger partial charge in [0.1, 0.15) is 0 Å². The predicted molar refractivity (Wildman–Crippen MR) is 60.1 cm³/mol. The highest BCUT2D eigenvalue weighted by atomic mass is 32.2. The molecule has 0 aromatic rings. The van der Waals surface area contributed by atoms with Crippen LogP contribution < -0.4 is 0 Å². The van der Waals surface area contributed by atoms with E-state index in [2.05, 4.69) is 15.1 Å². The minimum Gasteiger partial charge on any atom is -0.294 e. The lowest BCUT2D eigenvalue weighted by atomic mass is 9.86. The lowest BCUT2D eigenvalue weighted by Crippen LogP contribution is -2.53. The maximum atomic E-state index is 11.4. The molecule has 0 aromatic heterocycles. The molecule has 1 atom stereocenters. The summed E-state index contributed by atoms with van der Waals surface area (Å²) >= 11 is 0. The highest BCUT2D eigenvalue weighted by Gasteiger charge is 2.52. The predicted octanol–water partition coefficient (Wildman–Crippen LogP) is 0.821. The van der Waals surface area contributed by atoms with Crippen molar-refractivity contribution >= 4 is 9.84 Å². The Labute approximate surface area is 95.8 Å². The summed E-state index contributed by atoms with van der Waals surface area (Å²) in [6.45, 7) is 1.33. The molecule has 1 saturated heterocycles. The minimum atomic E-state index is -2.77. The Morgan fingerprint density at radius 3 is 2.44 bits per heavy atom. The lowest BCUT2D eigenvalue weighted by molar-refractivity contribution is 0.128. The SMILES string of the molecule is O=S1(=O)CCN(C2CCCCC23N=N3)CC1. The molecule has 0 amide bonds. The number of rotatable bonds is 1. The number of hydrogen-bond donors (Lipinski definition) is 0. The third-order valence-electron chi connectivity index (χ3n) is 3.98. The van der Waals surface area contributed by atoms with E-state index in [1.165, 1.54) is 12.8 Å². The first-order valence-electron chi connectivity index (χ1n) is 6.00. The largest absolute Gasteiger partial charge is 0.294 e. The molecule has 16 heavy (non-hydrogen) atoms. The molecule has 0 radical (unpaired) electrons. The summed E-state index contributed by atoms with van der Waals surface area (Å²) in [7, 11) is -2.77. The molecular weight excluding hydrogens is 226 g/mol. The van der Waals surface area contributed by atoms with Crippen LogP contribution in [0.25, 0.3) is 0 Å². The first kappa shape index (κ1) is 10.7. The van der Waals surface area contributed by atoms with Gasteiger partial charge in [-0.15, -0.1) is 0 Å². The summed E-state index contributed by atoms with van der Waals surface area (Å²) in [4.78, 5) is 2.29. The van der Waals surface area contributed by atoms with Crippen molar-refractivity contribution in [2.75, 3.05) is 24.6 Å². The van der Waals surface area contributed by atoms with Crippen LogP contribution in [0, 0.1) is 0 Å². The second kappa shape index (κ2) is 3.50. The van der Waals surface area contributed by atoms with Crippen LogP contribution in [0.4, 0.5) is 0 Å². The van der Waals surface area contributed by atoms with Crippen LogP contribution >= 0.6 is 0 Å². The fraction of sp³-hybridized carbons (Fsp3) is 1.00. The summed E-state index contributed by atoms with van der Waals surface area (Å²) in [6, 6.07) is 0.372. The van der Waals surface area contributed by atoms with Gasteiger partial charge in [-0.2, -0.15) is 10.2 Å². The van der Waals surface area contributed by atoms with E-state index in [9.17, 15) is 8.42 Å². The Balaban J connectivity index is 1.69. The minimum absolute atomic E-state index is 0.140. The lowest BCUT2D eigenvalue weighted by Gasteiger charge is -2.39. The van der Waals surface area contributed by atoms with E-state index >= 15 is 0 Å². The fourth-order valence-corrected chi connectivity index (χ4v) is 4.16. The van der Waals surface area contributed by atoms with E-state index in [1.807, 2.05) is 0 Å².